The summed E-state index contributed by atoms with van der Waals surface area (Å²) in [6.07, 6.45) is -4.35. The van der Waals surface area contributed by atoms with E-state index in [0.29, 0.717) is 5.56 Å². The first kappa shape index (κ1) is 15.4. The molecule has 0 unspecified atom stereocenters. The smallest absolute Gasteiger partial charge is 0.232 e. The third kappa shape index (κ3) is 2.78. The molecule has 0 radical (unpaired) electrons. The molecule has 124 valence electrons. The van der Waals surface area contributed by atoms with Gasteiger partial charge in [-0.05, 0) is 30.3 Å². The number of hydrogen-bond acceptors (Lipinski definition) is 1. The highest BCUT2D eigenvalue weighted by atomic mass is 19.4. The van der Waals surface area contributed by atoms with Gasteiger partial charge in [-0.2, -0.15) is 18.3 Å². The van der Waals surface area contributed by atoms with E-state index < -0.39 is 11.7 Å². The standard InChI is InChI=1S/C20H13F3N2/c21-20(22,23)15-12-10-14(11-13-15)19-17-8-4-5-9-18(17)24-25(19)16-6-2-1-3-7-16/h1-13H. The average Bonchev–Trinajstić information content (AvgIpc) is 3.01. The zero-order valence-corrected chi connectivity index (χ0v) is 13.0. The second kappa shape index (κ2) is 5.77. The molecule has 0 N–H and O–H groups in total. The highest BCUT2D eigenvalue weighted by Crippen LogP contribution is 2.34. The molecule has 2 nitrogen and oxygen atoms in total. The Morgan fingerprint density at radius 3 is 2.04 bits per heavy atom. The largest absolute Gasteiger partial charge is 0.416 e. The van der Waals surface area contributed by atoms with E-state index in [2.05, 4.69) is 5.10 Å². The predicted octanol–water partition coefficient (Wildman–Crippen LogP) is 5.71. The molecule has 3 aromatic carbocycles. The molecule has 1 aromatic heterocycles. The van der Waals surface area contributed by atoms with Gasteiger partial charge in [-0.15, -0.1) is 0 Å². The first-order valence-corrected chi connectivity index (χ1v) is 7.75. The third-order valence-corrected chi connectivity index (χ3v) is 4.07. The molecule has 0 aliphatic carbocycles. The van der Waals surface area contributed by atoms with Gasteiger partial charge in [0.1, 0.15) is 0 Å². The number of nitrogens with zero attached hydrogens (tertiary/aromatic N) is 2. The lowest BCUT2D eigenvalue weighted by Gasteiger charge is -2.10. The van der Waals surface area contributed by atoms with Crippen LogP contribution in [-0.2, 0) is 6.18 Å². The summed E-state index contributed by atoms with van der Waals surface area (Å²) in [6, 6.07) is 22.3. The summed E-state index contributed by atoms with van der Waals surface area (Å²) in [4.78, 5) is 0. The number of halogens is 3. The number of benzene rings is 3. The van der Waals surface area contributed by atoms with Crippen molar-refractivity contribution in [3.05, 3.63) is 84.4 Å². The van der Waals surface area contributed by atoms with Gasteiger partial charge in [-0.3, -0.25) is 0 Å². The van der Waals surface area contributed by atoms with E-state index in [1.165, 1.54) is 12.1 Å². The molecular weight excluding hydrogens is 325 g/mol. The summed E-state index contributed by atoms with van der Waals surface area (Å²) >= 11 is 0. The van der Waals surface area contributed by atoms with Gasteiger partial charge in [0.15, 0.2) is 0 Å². The fourth-order valence-corrected chi connectivity index (χ4v) is 2.88. The zero-order valence-electron chi connectivity index (χ0n) is 13.0. The summed E-state index contributed by atoms with van der Waals surface area (Å²) in [5, 5.41) is 5.52. The van der Waals surface area contributed by atoms with Crippen molar-refractivity contribution in [1.29, 1.82) is 0 Å². The first-order chi connectivity index (χ1) is 12.0. The first-order valence-electron chi connectivity index (χ1n) is 7.75. The van der Waals surface area contributed by atoms with Crippen molar-refractivity contribution in [3.63, 3.8) is 0 Å². The minimum Gasteiger partial charge on any atom is -0.232 e. The molecule has 0 aliphatic rings. The van der Waals surface area contributed by atoms with Gasteiger partial charge >= 0.3 is 6.18 Å². The lowest BCUT2D eigenvalue weighted by Crippen LogP contribution is -2.04. The number of rotatable bonds is 2. The Morgan fingerprint density at radius 2 is 1.36 bits per heavy atom. The molecule has 0 aliphatic heterocycles. The fourth-order valence-electron chi connectivity index (χ4n) is 2.88. The zero-order chi connectivity index (χ0) is 17.4. The van der Waals surface area contributed by atoms with Crippen LogP contribution >= 0.6 is 0 Å². The highest BCUT2D eigenvalue weighted by molar-refractivity contribution is 5.94. The molecule has 0 fully saturated rings. The fraction of sp³-hybridized carbons (Fsp3) is 0.0500. The normalized spacial score (nSPS) is 11.8. The van der Waals surface area contributed by atoms with Crippen molar-refractivity contribution in [2.24, 2.45) is 0 Å². The molecule has 4 rings (SSSR count). The van der Waals surface area contributed by atoms with Gasteiger partial charge in [0.25, 0.3) is 0 Å². The van der Waals surface area contributed by atoms with Crippen molar-refractivity contribution in [3.8, 4) is 16.9 Å². The monoisotopic (exact) mass is 338 g/mol. The van der Waals surface area contributed by atoms with Crippen LogP contribution in [0, 0.1) is 0 Å². The second-order valence-corrected chi connectivity index (χ2v) is 5.69. The van der Waals surface area contributed by atoms with Crippen LogP contribution in [0.25, 0.3) is 27.8 Å². The van der Waals surface area contributed by atoms with E-state index in [9.17, 15) is 13.2 Å². The maximum Gasteiger partial charge on any atom is 0.416 e. The Kier molecular flexibility index (Phi) is 3.57. The van der Waals surface area contributed by atoms with E-state index in [-0.39, 0.29) is 0 Å². The molecule has 0 spiro atoms. The van der Waals surface area contributed by atoms with E-state index in [4.69, 9.17) is 0 Å². The van der Waals surface area contributed by atoms with Crippen LogP contribution in [0.1, 0.15) is 5.56 Å². The Hall–Kier alpha value is -3.08. The summed E-state index contributed by atoms with van der Waals surface area (Å²) in [5.74, 6) is 0. The van der Waals surface area contributed by atoms with Crippen molar-refractivity contribution < 1.29 is 13.2 Å². The molecule has 0 amide bonds. The minimum atomic E-state index is -4.35. The maximum atomic E-state index is 12.8. The van der Waals surface area contributed by atoms with Gasteiger partial charge in [-0.1, -0.05) is 48.5 Å². The highest BCUT2D eigenvalue weighted by Gasteiger charge is 2.30. The number of alkyl halides is 3. The molecule has 0 atom stereocenters. The Labute approximate surface area is 142 Å². The molecule has 4 aromatic rings. The van der Waals surface area contributed by atoms with E-state index in [1.54, 1.807) is 4.68 Å². The molecule has 25 heavy (non-hydrogen) atoms. The van der Waals surface area contributed by atoms with Gasteiger partial charge in [0.05, 0.1) is 22.5 Å². The maximum absolute atomic E-state index is 12.8. The van der Waals surface area contributed by atoms with Crippen LogP contribution in [0.3, 0.4) is 0 Å². The average molecular weight is 338 g/mol. The van der Waals surface area contributed by atoms with Gasteiger partial charge in [0.2, 0.25) is 0 Å². The molecule has 5 heteroatoms. The lowest BCUT2D eigenvalue weighted by atomic mass is 10.1. The Balaban J connectivity index is 1.94. The summed E-state index contributed by atoms with van der Waals surface area (Å²) in [7, 11) is 0. The predicted molar refractivity (Wildman–Crippen MR) is 91.5 cm³/mol. The van der Waals surface area contributed by atoms with Gasteiger partial charge in [0, 0.05) is 10.9 Å². The summed E-state index contributed by atoms with van der Waals surface area (Å²) in [5.41, 5.74) is 2.45. The quantitative estimate of drug-likeness (QED) is 0.458. The van der Waals surface area contributed by atoms with Crippen LogP contribution in [0.2, 0.25) is 0 Å². The van der Waals surface area contributed by atoms with Crippen LogP contribution in [0.4, 0.5) is 13.2 Å². The van der Waals surface area contributed by atoms with Crippen LogP contribution in [-0.4, -0.2) is 9.78 Å². The van der Waals surface area contributed by atoms with Gasteiger partial charge in [-0.25, -0.2) is 4.68 Å². The van der Waals surface area contributed by atoms with Crippen molar-refractivity contribution >= 4 is 10.9 Å². The SMILES string of the molecule is FC(F)(F)c1ccc(-c2c3ccccc3nn2-c2ccccc2)cc1. The molecule has 0 saturated heterocycles. The van der Waals surface area contributed by atoms with Crippen LogP contribution in [0.15, 0.2) is 78.9 Å². The number of hydrogen-bond donors (Lipinski definition) is 0. The third-order valence-electron chi connectivity index (χ3n) is 4.07. The van der Waals surface area contributed by atoms with Crippen molar-refractivity contribution in [2.45, 2.75) is 6.18 Å². The number of para-hydroxylation sites is 1. The second-order valence-electron chi connectivity index (χ2n) is 5.69. The Bertz CT molecular complexity index is 1020. The topological polar surface area (TPSA) is 17.8 Å². The summed E-state index contributed by atoms with van der Waals surface area (Å²) in [6.45, 7) is 0. The minimum absolute atomic E-state index is 0.661. The van der Waals surface area contributed by atoms with Gasteiger partial charge < -0.3 is 0 Å². The lowest BCUT2D eigenvalue weighted by molar-refractivity contribution is -0.137. The van der Waals surface area contributed by atoms with Crippen LogP contribution < -0.4 is 0 Å². The van der Waals surface area contributed by atoms with E-state index in [1.807, 2.05) is 54.6 Å². The molecular formula is C20H13F3N2. The molecule has 0 bridgehead atoms. The van der Waals surface area contributed by atoms with E-state index >= 15 is 0 Å². The Morgan fingerprint density at radius 1 is 0.720 bits per heavy atom. The number of aromatic nitrogens is 2. The van der Waals surface area contributed by atoms with Crippen molar-refractivity contribution in [2.75, 3.05) is 0 Å². The van der Waals surface area contributed by atoms with E-state index in [0.717, 1.165) is 34.4 Å². The molecule has 0 saturated carbocycles. The van der Waals surface area contributed by atoms with Crippen molar-refractivity contribution in [1.82, 2.24) is 9.78 Å². The number of fused-ring (bicyclic) bond motifs is 1. The summed E-state index contributed by atoms with van der Waals surface area (Å²) < 4.78 is 40.3. The molecule has 1 heterocycles. The van der Waals surface area contributed by atoms with Crippen LogP contribution in [0.5, 0.6) is 0 Å².